The number of benzene rings is 2. The van der Waals surface area contributed by atoms with E-state index < -0.39 is 0 Å². The molecule has 0 spiro atoms. The van der Waals surface area contributed by atoms with Crippen LogP contribution in [0.4, 0.5) is 0 Å². The van der Waals surface area contributed by atoms with Crippen LogP contribution < -0.4 is 10.1 Å². The summed E-state index contributed by atoms with van der Waals surface area (Å²) in [5.41, 5.74) is 2.23. The summed E-state index contributed by atoms with van der Waals surface area (Å²) in [5.74, 6) is 1.17. The molecule has 0 atom stereocenters. The SMILES string of the molecule is O=C(NCC1CC1)c1csc(-c2ccc(OCc3ccc(Cl)cc3)cc2Cl)n1. The van der Waals surface area contributed by atoms with Crippen LogP contribution in [0.25, 0.3) is 10.6 Å². The highest BCUT2D eigenvalue weighted by atomic mass is 35.5. The Morgan fingerprint density at radius 3 is 2.68 bits per heavy atom. The van der Waals surface area contributed by atoms with Crippen molar-refractivity contribution in [3.63, 3.8) is 0 Å². The Morgan fingerprint density at radius 1 is 1.18 bits per heavy atom. The zero-order valence-electron chi connectivity index (χ0n) is 15.0. The summed E-state index contributed by atoms with van der Waals surface area (Å²) in [6, 6.07) is 13.0. The van der Waals surface area contributed by atoms with E-state index in [9.17, 15) is 4.79 Å². The monoisotopic (exact) mass is 432 g/mol. The number of nitrogens with one attached hydrogen (secondary N) is 1. The maximum absolute atomic E-state index is 12.2. The number of amides is 1. The lowest BCUT2D eigenvalue weighted by Crippen LogP contribution is -2.25. The van der Waals surface area contributed by atoms with E-state index in [0.717, 1.165) is 17.7 Å². The number of nitrogens with zero attached hydrogens (tertiary/aromatic N) is 1. The van der Waals surface area contributed by atoms with Crippen molar-refractivity contribution in [3.05, 3.63) is 69.1 Å². The third-order valence-corrected chi connectivity index (χ3v) is 5.92. The van der Waals surface area contributed by atoms with E-state index in [1.807, 2.05) is 36.4 Å². The molecule has 2 aromatic carbocycles. The molecule has 0 saturated heterocycles. The quantitative estimate of drug-likeness (QED) is 0.510. The first-order valence-electron chi connectivity index (χ1n) is 8.99. The second-order valence-corrected chi connectivity index (χ2v) is 8.45. The second-order valence-electron chi connectivity index (χ2n) is 6.75. The van der Waals surface area contributed by atoms with Crippen molar-refractivity contribution < 1.29 is 9.53 Å². The molecule has 1 N–H and O–H groups in total. The number of carbonyl (C=O) groups is 1. The minimum Gasteiger partial charge on any atom is -0.489 e. The second kappa shape index (κ2) is 8.52. The fraction of sp³-hybridized carbons (Fsp3) is 0.238. The summed E-state index contributed by atoms with van der Waals surface area (Å²) < 4.78 is 5.80. The number of aromatic nitrogens is 1. The zero-order chi connectivity index (χ0) is 19.5. The van der Waals surface area contributed by atoms with Crippen LogP contribution in [-0.4, -0.2) is 17.4 Å². The topological polar surface area (TPSA) is 51.2 Å². The summed E-state index contributed by atoms with van der Waals surface area (Å²) in [6.07, 6.45) is 2.40. The molecular formula is C21H18Cl2N2O2S. The number of rotatable bonds is 7. The lowest BCUT2D eigenvalue weighted by Gasteiger charge is -2.08. The fourth-order valence-electron chi connectivity index (χ4n) is 2.66. The van der Waals surface area contributed by atoms with Crippen LogP contribution in [0.1, 0.15) is 28.9 Å². The van der Waals surface area contributed by atoms with Gasteiger partial charge in [0.05, 0.1) is 5.02 Å². The van der Waals surface area contributed by atoms with Crippen molar-refractivity contribution in [2.45, 2.75) is 19.4 Å². The van der Waals surface area contributed by atoms with E-state index >= 15 is 0 Å². The highest BCUT2D eigenvalue weighted by Gasteiger charge is 2.22. The average molecular weight is 433 g/mol. The number of thiazole rings is 1. The molecule has 3 aromatic rings. The predicted molar refractivity (Wildman–Crippen MR) is 113 cm³/mol. The number of ether oxygens (including phenoxy) is 1. The van der Waals surface area contributed by atoms with E-state index in [1.54, 1.807) is 11.4 Å². The summed E-state index contributed by atoms with van der Waals surface area (Å²) in [7, 11) is 0. The lowest BCUT2D eigenvalue weighted by molar-refractivity contribution is 0.0947. The van der Waals surface area contributed by atoms with Gasteiger partial charge in [0.1, 0.15) is 23.1 Å². The van der Waals surface area contributed by atoms with Gasteiger partial charge in [0.2, 0.25) is 0 Å². The van der Waals surface area contributed by atoms with E-state index in [2.05, 4.69) is 10.3 Å². The number of carbonyl (C=O) groups excluding carboxylic acids is 1. The van der Waals surface area contributed by atoms with Crippen LogP contribution >= 0.6 is 34.5 Å². The lowest BCUT2D eigenvalue weighted by atomic mass is 10.2. The summed E-state index contributed by atoms with van der Waals surface area (Å²) in [5, 5.41) is 6.64. The van der Waals surface area contributed by atoms with Crippen molar-refractivity contribution in [1.29, 1.82) is 0 Å². The van der Waals surface area contributed by atoms with Crippen LogP contribution in [0.15, 0.2) is 47.8 Å². The molecule has 1 heterocycles. The van der Waals surface area contributed by atoms with Gasteiger partial charge in [-0.05, 0) is 54.7 Å². The van der Waals surface area contributed by atoms with Crippen molar-refractivity contribution in [2.24, 2.45) is 5.92 Å². The summed E-state index contributed by atoms with van der Waals surface area (Å²) in [4.78, 5) is 16.6. The Bertz CT molecular complexity index is 984. The predicted octanol–water partition coefficient (Wildman–Crippen LogP) is 5.84. The molecule has 28 heavy (non-hydrogen) atoms. The minimum absolute atomic E-state index is 0.131. The Kier molecular flexibility index (Phi) is 5.85. The molecule has 1 saturated carbocycles. The van der Waals surface area contributed by atoms with Crippen LogP contribution in [0.3, 0.4) is 0 Å². The Balaban J connectivity index is 1.41. The molecule has 1 aromatic heterocycles. The van der Waals surface area contributed by atoms with Gasteiger partial charge in [-0.2, -0.15) is 0 Å². The number of halogens is 2. The van der Waals surface area contributed by atoms with Crippen molar-refractivity contribution in [3.8, 4) is 16.3 Å². The molecule has 0 bridgehead atoms. The zero-order valence-corrected chi connectivity index (χ0v) is 17.3. The Hall–Kier alpha value is -2.08. The van der Waals surface area contributed by atoms with E-state index in [-0.39, 0.29) is 5.91 Å². The molecule has 0 aliphatic heterocycles. The third-order valence-electron chi connectivity index (χ3n) is 4.47. The first kappa shape index (κ1) is 19.2. The van der Waals surface area contributed by atoms with Gasteiger partial charge in [-0.15, -0.1) is 11.3 Å². The maximum atomic E-state index is 12.2. The molecular weight excluding hydrogens is 415 g/mol. The molecule has 144 valence electrons. The normalized spacial score (nSPS) is 13.4. The smallest absolute Gasteiger partial charge is 0.270 e. The number of hydrogen-bond donors (Lipinski definition) is 1. The molecule has 1 aliphatic rings. The highest BCUT2D eigenvalue weighted by molar-refractivity contribution is 7.13. The Labute approximate surface area is 177 Å². The fourth-order valence-corrected chi connectivity index (χ4v) is 3.94. The maximum Gasteiger partial charge on any atom is 0.270 e. The van der Waals surface area contributed by atoms with Gasteiger partial charge in [0.25, 0.3) is 5.91 Å². The third kappa shape index (κ3) is 4.85. The summed E-state index contributed by atoms with van der Waals surface area (Å²) in [6.45, 7) is 1.15. The molecule has 1 amide bonds. The molecule has 1 aliphatic carbocycles. The highest BCUT2D eigenvalue weighted by Crippen LogP contribution is 2.33. The summed E-state index contributed by atoms with van der Waals surface area (Å²) >= 11 is 13.7. The van der Waals surface area contributed by atoms with Gasteiger partial charge < -0.3 is 10.1 Å². The Morgan fingerprint density at radius 2 is 1.96 bits per heavy atom. The van der Waals surface area contributed by atoms with Gasteiger partial charge in [-0.1, -0.05) is 35.3 Å². The molecule has 0 unspecified atom stereocenters. The molecule has 0 radical (unpaired) electrons. The van der Waals surface area contributed by atoms with Crippen LogP contribution in [0, 0.1) is 5.92 Å². The van der Waals surface area contributed by atoms with E-state index in [1.165, 1.54) is 24.2 Å². The number of hydrogen-bond acceptors (Lipinski definition) is 4. The molecule has 1 fully saturated rings. The van der Waals surface area contributed by atoms with Crippen LogP contribution in [0.5, 0.6) is 5.75 Å². The van der Waals surface area contributed by atoms with Crippen LogP contribution in [-0.2, 0) is 6.61 Å². The first-order valence-corrected chi connectivity index (χ1v) is 10.6. The minimum atomic E-state index is -0.131. The van der Waals surface area contributed by atoms with Crippen molar-refractivity contribution >= 4 is 40.4 Å². The van der Waals surface area contributed by atoms with Gasteiger partial charge >= 0.3 is 0 Å². The first-order chi connectivity index (χ1) is 13.6. The van der Waals surface area contributed by atoms with Gasteiger partial charge in [-0.25, -0.2) is 4.98 Å². The largest absolute Gasteiger partial charge is 0.489 e. The molecule has 4 rings (SSSR count). The van der Waals surface area contributed by atoms with Crippen LogP contribution in [0.2, 0.25) is 10.0 Å². The van der Waals surface area contributed by atoms with Crippen molar-refractivity contribution in [2.75, 3.05) is 6.54 Å². The van der Waals surface area contributed by atoms with Gasteiger partial charge in [-0.3, -0.25) is 4.79 Å². The van der Waals surface area contributed by atoms with E-state index in [4.69, 9.17) is 27.9 Å². The van der Waals surface area contributed by atoms with Gasteiger partial charge in [0, 0.05) is 22.5 Å². The standard InChI is InChI=1S/C21H18Cl2N2O2S/c22-15-5-3-14(4-6-15)11-27-16-7-8-17(18(23)9-16)21-25-19(12-28-21)20(26)24-10-13-1-2-13/h3-9,12-13H,1-2,10-11H2,(H,24,26). The molecule has 4 nitrogen and oxygen atoms in total. The molecule has 7 heteroatoms. The van der Waals surface area contributed by atoms with E-state index in [0.29, 0.717) is 39.0 Å². The van der Waals surface area contributed by atoms with Crippen molar-refractivity contribution in [1.82, 2.24) is 10.3 Å². The average Bonchev–Trinajstić information content (AvgIpc) is 3.40. The van der Waals surface area contributed by atoms with Gasteiger partial charge in [0.15, 0.2) is 0 Å².